The van der Waals surface area contributed by atoms with Gasteiger partial charge in [0.15, 0.2) is 0 Å². The third-order valence-electron chi connectivity index (χ3n) is 2.75. The Bertz CT molecular complexity index is 515. The van der Waals surface area contributed by atoms with Crippen molar-refractivity contribution in [2.24, 2.45) is 0 Å². The molecule has 0 bridgehead atoms. The molecule has 1 aromatic rings. The van der Waals surface area contributed by atoms with Crippen LogP contribution in [0.3, 0.4) is 0 Å². The van der Waals surface area contributed by atoms with E-state index >= 15 is 0 Å². The molecule has 0 aliphatic carbocycles. The van der Waals surface area contributed by atoms with Crippen molar-refractivity contribution < 1.29 is 14.3 Å². The van der Waals surface area contributed by atoms with Gasteiger partial charge < -0.3 is 10.1 Å². The summed E-state index contributed by atoms with van der Waals surface area (Å²) in [4.78, 5) is 24.0. The van der Waals surface area contributed by atoms with E-state index in [1.807, 2.05) is 32.0 Å². The molecule has 1 amide bonds. The zero-order valence-electron chi connectivity index (χ0n) is 13.0. The largest absolute Gasteiger partial charge is 0.458 e. The summed E-state index contributed by atoms with van der Waals surface area (Å²) in [5, 5.41) is 2.67. The average Bonchev–Trinajstić information content (AvgIpc) is 2.29. The number of hydrogen-bond acceptors (Lipinski definition) is 3. The van der Waals surface area contributed by atoms with E-state index in [1.54, 1.807) is 27.7 Å². The Morgan fingerprint density at radius 3 is 2.35 bits per heavy atom. The summed E-state index contributed by atoms with van der Waals surface area (Å²) < 4.78 is 5.24. The van der Waals surface area contributed by atoms with Crippen LogP contribution in [-0.2, 0) is 9.53 Å². The zero-order chi connectivity index (χ0) is 15.5. The van der Waals surface area contributed by atoms with Crippen LogP contribution in [-0.4, -0.2) is 23.5 Å². The standard InChI is InChI=1S/C16H23NO3/c1-10-7-8-11(2)13(9-10)14(18)17-12(3)15(19)20-16(4,5)6/h7-9,12H,1-6H3,(H,17,18)/t12-/m1/s1. The number of carbonyl (C=O) groups excluding carboxylic acids is 2. The molecule has 0 aliphatic heterocycles. The number of hydrogen-bond donors (Lipinski definition) is 1. The third-order valence-corrected chi connectivity index (χ3v) is 2.75. The molecular weight excluding hydrogens is 254 g/mol. The molecule has 0 saturated carbocycles. The van der Waals surface area contributed by atoms with Gasteiger partial charge in [0.1, 0.15) is 11.6 Å². The fraction of sp³-hybridized carbons (Fsp3) is 0.500. The minimum absolute atomic E-state index is 0.260. The Balaban J connectivity index is 2.75. The van der Waals surface area contributed by atoms with Crippen molar-refractivity contribution in [1.29, 1.82) is 0 Å². The lowest BCUT2D eigenvalue weighted by Gasteiger charge is -2.22. The zero-order valence-corrected chi connectivity index (χ0v) is 13.0. The Hall–Kier alpha value is -1.84. The number of rotatable bonds is 3. The maximum absolute atomic E-state index is 12.2. The van der Waals surface area contributed by atoms with E-state index in [9.17, 15) is 9.59 Å². The first-order chi connectivity index (χ1) is 9.10. The maximum atomic E-state index is 12.2. The molecule has 4 nitrogen and oxygen atoms in total. The normalized spacial score (nSPS) is 12.7. The second-order valence-electron chi connectivity index (χ2n) is 6.05. The number of esters is 1. The van der Waals surface area contributed by atoms with E-state index in [2.05, 4.69) is 5.32 Å². The smallest absolute Gasteiger partial charge is 0.328 e. The predicted octanol–water partition coefficient (Wildman–Crippen LogP) is 2.76. The van der Waals surface area contributed by atoms with Gasteiger partial charge in [-0.3, -0.25) is 4.79 Å². The molecule has 1 rings (SSSR count). The van der Waals surface area contributed by atoms with Crippen molar-refractivity contribution in [1.82, 2.24) is 5.32 Å². The van der Waals surface area contributed by atoms with Crippen molar-refractivity contribution in [3.8, 4) is 0 Å². The fourth-order valence-corrected chi connectivity index (χ4v) is 1.70. The monoisotopic (exact) mass is 277 g/mol. The van der Waals surface area contributed by atoms with Gasteiger partial charge in [0, 0.05) is 5.56 Å². The van der Waals surface area contributed by atoms with E-state index in [4.69, 9.17) is 4.74 Å². The van der Waals surface area contributed by atoms with Crippen molar-refractivity contribution in [2.45, 2.75) is 53.2 Å². The summed E-state index contributed by atoms with van der Waals surface area (Å²) in [7, 11) is 0. The highest BCUT2D eigenvalue weighted by Gasteiger charge is 2.23. The first-order valence-corrected chi connectivity index (χ1v) is 6.71. The van der Waals surface area contributed by atoms with Crippen LogP contribution in [0.5, 0.6) is 0 Å². The van der Waals surface area contributed by atoms with Gasteiger partial charge >= 0.3 is 5.97 Å². The van der Waals surface area contributed by atoms with Crippen LogP contribution in [0, 0.1) is 13.8 Å². The highest BCUT2D eigenvalue weighted by molar-refractivity contribution is 5.98. The number of carbonyl (C=O) groups is 2. The van der Waals surface area contributed by atoms with Crippen LogP contribution in [0.15, 0.2) is 18.2 Å². The fourth-order valence-electron chi connectivity index (χ4n) is 1.70. The summed E-state index contributed by atoms with van der Waals surface area (Å²) >= 11 is 0. The van der Waals surface area contributed by atoms with Crippen LogP contribution in [0.4, 0.5) is 0 Å². The minimum Gasteiger partial charge on any atom is -0.458 e. The summed E-state index contributed by atoms with van der Waals surface area (Å²) in [6.07, 6.45) is 0. The SMILES string of the molecule is Cc1ccc(C)c(C(=O)N[C@H](C)C(=O)OC(C)(C)C)c1. The Labute approximate surface area is 120 Å². The molecule has 1 atom stereocenters. The van der Waals surface area contributed by atoms with Gasteiger partial charge in [-0.05, 0) is 53.2 Å². The Morgan fingerprint density at radius 1 is 1.20 bits per heavy atom. The molecule has 0 spiro atoms. The van der Waals surface area contributed by atoms with Gasteiger partial charge in [0.05, 0.1) is 0 Å². The number of nitrogens with one attached hydrogen (secondary N) is 1. The van der Waals surface area contributed by atoms with Gasteiger partial charge in [-0.15, -0.1) is 0 Å². The van der Waals surface area contributed by atoms with Crippen LogP contribution in [0.25, 0.3) is 0 Å². The lowest BCUT2D eigenvalue weighted by Crippen LogP contribution is -2.42. The summed E-state index contributed by atoms with van der Waals surface area (Å²) in [5.74, 6) is -0.694. The number of benzene rings is 1. The molecule has 20 heavy (non-hydrogen) atoms. The quantitative estimate of drug-likeness (QED) is 0.864. The topological polar surface area (TPSA) is 55.4 Å². The highest BCUT2D eigenvalue weighted by Crippen LogP contribution is 2.12. The van der Waals surface area contributed by atoms with Crippen LogP contribution in [0.2, 0.25) is 0 Å². The number of ether oxygens (including phenoxy) is 1. The van der Waals surface area contributed by atoms with Gasteiger partial charge in [0.2, 0.25) is 0 Å². The average molecular weight is 277 g/mol. The van der Waals surface area contributed by atoms with Crippen LogP contribution in [0.1, 0.15) is 49.2 Å². The third kappa shape index (κ3) is 4.68. The van der Waals surface area contributed by atoms with Crippen molar-refractivity contribution in [3.05, 3.63) is 34.9 Å². The molecule has 0 aliphatic rings. The van der Waals surface area contributed by atoms with Crippen LogP contribution >= 0.6 is 0 Å². The molecule has 4 heteroatoms. The molecule has 0 radical (unpaired) electrons. The Kier molecular flexibility index (Phi) is 4.93. The predicted molar refractivity (Wildman–Crippen MR) is 78.7 cm³/mol. The van der Waals surface area contributed by atoms with E-state index < -0.39 is 17.6 Å². The first-order valence-electron chi connectivity index (χ1n) is 6.71. The molecule has 1 aromatic carbocycles. The maximum Gasteiger partial charge on any atom is 0.328 e. The van der Waals surface area contributed by atoms with Gasteiger partial charge in [-0.25, -0.2) is 4.79 Å². The lowest BCUT2D eigenvalue weighted by molar-refractivity contribution is -0.156. The van der Waals surface area contributed by atoms with E-state index in [0.29, 0.717) is 5.56 Å². The van der Waals surface area contributed by atoms with Crippen LogP contribution < -0.4 is 5.32 Å². The lowest BCUT2D eigenvalue weighted by atomic mass is 10.0. The molecule has 0 aromatic heterocycles. The van der Waals surface area contributed by atoms with E-state index in [-0.39, 0.29) is 5.91 Å². The van der Waals surface area contributed by atoms with Gasteiger partial charge in [-0.1, -0.05) is 17.7 Å². The highest BCUT2D eigenvalue weighted by atomic mass is 16.6. The second-order valence-corrected chi connectivity index (χ2v) is 6.05. The molecule has 0 saturated heterocycles. The van der Waals surface area contributed by atoms with Crippen molar-refractivity contribution in [3.63, 3.8) is 0 Å². The summed E-state index contributed by atoms with van der Waals surface area (Å²) in [6.45, 7) is 10.8. The molecular formula is C16H23NO3. The molecule has 0 fully saturated rings. The van der Waals surface area contributed by atoms with Gasteiger partial charge in [0.25, 0.3) is 5.91 Å². The number of amides is 1. The summed E-state index contributed by atoms with van der Waals surface area (Å²) in [6, 6.07) is 4.97. The van der Waals surface area contributed by atoms with Crippen molar-refractivity contribution >= 4 is 11.9 Å². The molecule has 0 heterocycles. The Morgan fingerprint density at radius 2 is 1.80 bits per heavy atom. The minimum atomic E-state index is -0.679. The molecule has 110 valence electrons. The van der Waals surface area contributed by atoms with Gasteiger partial charge in [-0.2, -0.15) is 0 Å². The first kappa shape index (κ1) is 16.2. The molecule has 1 N–H and O–H groups in total. The second kappa shape index (κ2) is 6.07. The van der Waals surface area contributed by atoms with Crippen molar-refractivity contribution in [2.75, 3.05) is 0 Å². The molecule has 0 unspecified atom stereocenters. The summed E-state index contributed by atoms with van der Waals surface area (Å²) in [5.41, 5.74) is 1.91. The number of aryl methyl sites for hydroxylation is 2. The van der Waals surface area contributed by atoms with E-state index in [1.165, 1.54) is 0 Å². The van der Waals surface area contributed by atoms with E-state index in [0.717, 1.165) is 11.1 Å².